The molecule has 0 atom stereocenters. The molecular formula is C13H15N5OS. The Morgan fingerprint density at radius 2 is 2.25 bits per heavy atom. The van der Waals surface area contributed by atoms with Gasteiger partial charge < -0.3 is 5.32 Å². The van der Waals surface area contributed by atoms with E-state index in [0.717, 1.165) is 33.4 Å². The average molecular weight is 289 g/mol. The van der Waals surface area contributed by atoms with Crippen molar-refractivity contribution in [3.05, 3.63) is 34.4 Å². The molecule has 2 N–H and O–H groups in total. The highest BCUT2D eigenvalue weighted by molar-refractivity contribution is 7.15. The number of rotatable bonds is 3. The minimum absolute atomic E-state index is 0.0522. The van der Waals surface area contributed by atoms with Gasteiger partial charge in [0.2, 0.25) is 5.91 Å². The molecule has 3 rings (SSSR count). The lowest BCUT2D eigenvalue weighted by atomic mass is 10.2. The highest BCUT2D eigenvalue weighted by Gasteiger charge is 2.13. The number of amides is 1. The Hall–Kier alpha value is -2.15. The van der Waals surface area contributed by atoms with Gasteiger partial charge in [-0.1, -0.05) is 0 Å². The van der Waals surface area contributed by atoms with Gasteiger partial charge in [0.1, 0.15) is 0 Å². The third-order valence-electron chi connectivity index (χ3n) is 3.14. The quantitative estimate of drug-likeness (QED) is 0.776. The molecule has 7 heteroatoms. The van der Waals surface area contributed by atoms with E-state index in [1.165, 1.54) is 0 Å². The molecule has 0 aromatic carbocycles. The van der Waals surface area contributed by atoms with Crippen LogP contribution in [0.3, 0.4) is 0 Å². The standard InChI is InChI=1S/C13H15N5OS/c1-7-5-18-10(6-20-13(18)14-7)4-11(19)15-12-8(2)16-17-9(12)3/h5-6H,4H2,1-3H3,(H,15,19)(H,16,17). The molecule has 1 amide bonds. The molecule has 0 saturated heterocycles. The van der Waals surface area contributed by atoms with Crippen molar-refractivity contribution in [2.45, 2.75) is 27.2 Å². The van der Waals surface area contributed by atoms with E-state index < -0.39 is 0 Å². The maximum Gasteiger partial charge on any atom is 0.230 e. The molecule has 0 spiro atoms. The third-order valence-corrected chi connectivity index (χ3v) is 4.03. The van der Waals surface area contributed by atoms with Gasteiger partial charge in [-0.2, -0.15) is 5.10 Å². The van der Waals surface area contributed by atoms with E-state index in [1.807, 2.05) is 36.7 Å². The summed E-state index contributed by atoms with van der Waals surface area (Å²) in [5.74, 6) is -0.0522. The highest BCUT2D eigenvalue weighted by Crippen LogP contribution is 2.19. The van der Waals surface area contributed by atoms with Gasteiger partial charge in [-0.25, -0.2) is 4.98 Å². The molecule has 0 unspecified atom stereocenters. The lowest BCUT2D eigenvalue weighted by Gasteiger charge is -2.04. The number of aromatic nitrogens is 4. The summed E-state index contributed by atoms with van der Waals surface area (Å²) in [4.78, 5) is 17.4. The first-order chi connectivity index (χ1) is 9.54. The van der Waals surface area contributed by atoms with Gasteiger partial charge >= 0.3 is 0 Å². The molecule has 0 radical (unpaired) electrons. The fraction of sp³-hybridized carbons (Fsp3) is 0.308. The van der Waals surface area contributed by atoms with E-state index in [4.69, 9.17) is 0 Å². The molecule has 0 aliphatic rings. The predicted molar refractivity (Wildman–Crippen MR) is 78.2 cm³/mol. The number of imidazole rings is 1. The van der Waals surface area contributed by atoms with Crippen LogP contribution in [0.2, 0.25) is 0 Å². The number of hydrogen-bond acceptors (Lipinski definition) is 4. The highest BCUT2D eigenvalue weighted by atomic mass is 32.1. The van der Waals surface area contributed by atoms with Gasteiger partial charge in [-0.15, -0.1) is 11.3 Å². The van der Waals surface area contributed by atoms with Crippen LogP contribution in [0.25, 0.3) is 4.96 Å². The Labute approximate surface area is 119 Å². The molecule has 3 heterocycles. The van der Waals surface area contributed by atoms with Gasteiger partial charge in [0, 0.05) is 17.3 Å². The summed E-state index contributed by atoms with van der Waals surface area (Å²) in [6.45, 7) is 5.69. The minimum atomic E-state index is -0.0522. The maximum atomic E-state index is 12.2. The molecule has 3 aromatic heterocycles. The fourth-order valence-electron chi connectivity index (χ4n) is 2.15. The van der Waals surface area contributed by atoms with Crippen LogP contribution in [-0.4, -0.2) is 25.5 Å². The van der Waals surface area contributed by atoms with Crippen LogP contribution >= 0.6 is 11.3 Å². The van der Waals surface area contributed by atoms with E-state index in [9.17, 15) is 4.79 Å². The van der Waals surface area contributed by atoms with Crippen molar-refractivity contribution >= 4 is 27.9 Å². The summed E-state index contributed by atoms with van der Waals surface area (Å²) >= 11 is 1.54. The number of carbonyl (C=O) groups is 1. The van der Waals surface area contributed by atoms with Crippen molar-refractivity contribution in [2.75, 3.05) is 5.32 Å². The van der Waals surface area contributed by atoms with Crippen LogP contribution in [0.15, 0.2) is 11.6 Å². The molecule has 20 heavy (non-hydrogen) atoms. The van der Waals surface area contributed by atoms with Crippen LogP contribution in [0, 0.1) is 20.8 Å². The Balaban J connectivity index is 1.79. The number of fused-ring (bicyclic) bond motifs is 1. The van der Waals surface area contributed by atoms with Crippen molar-refractivity contribution in [1.82, 2.24) is 19.6 Å². The Kier molecular flexibility index (Phi) is 3.06. The first kappa shape index (κ1) is 12.9. The van der Waals surface area contributed by atoms with Crippen molar-refractivity contribution in [2.24, 2.45) is 0 Å². The number of aryl methyl sites for hydroxylation is 3. The predicted octanol–water partition coefficient (Wildman–Crippen LogP) is 2.23. The molecular weight excluding hydrogens is 274 g/mol. The second-order valence-electron chi connectivity index (χ2n) is 4.80. The monoisotopic (exact) mass is 289 g/mol. The topological polar surface area (TPSA) is 75.1 Å². The second-order valence-corrected chi connectivity index (χ2v) is 5.63. The van der Waals surface area contributed by atoms with Crippen molar-refractivity contribution in [3.8, 4) is 0 Å². The third kappa shape index (κ3) is 2.20. The average Bonchev–Trinajstić information content (AvgIpc) is 3.01. The smallest absolute Gasteiger partial charge is 0.230 e. The van der Waals surface area contributed by atoms with Gasteiger partial charge in [0.15, 0.2) is 4.96 Å². The van der Waals surface area contributed by atoms with Crippen LogP contribution in [0.1, 0.15) is 22.8 Å². The molecule has 0 fully saturated rings. The SMILES string of the molecule is Cc1cn2c(CC(=O)Nc3c(C)n[nH]c3C)csc2n1. The minimum Gasteiger partial charge on any atom is -0.323 e. The lowest BCUT2D eigenvalue weighted by Crippen LogP contribution is -2.16. The largest absolute Gasteiger partial charge is 0.323 e. The summed E-state index contributed by atoms with van der Waals surface area (Å²) in [7, 11) is 0. The van der Waals surface area contributed by atoms with Crippen LogP contribution in [0.5, 0.6) is 0 Å². The number of carbonyl (C=O) groups excluding carboxylic acids is 1. The zero-order valence-electron chi connectivity index (χ0n) is 11.5. The Bertz CT molecular complexity index is 762. The molecule has 0 aliphatic heterocycles. The van der Waals surface area contributed by atoms with Crippen LogP contribution in [0.4, 0.5) is 5.69 Å². The Morgan fingerprint density at radius 3 is 2.95 bits per heavy atom. The number of anilines is 1. The molecule has 0 bridgehead atoms. The summed E-state index contributed by atoms with van der Waals surface area (Å²) in [6.07, 6.45) is 2.27. The normalized spacial score (nSPS) is 11.2. The van der Waals surface area contributed by atoms with Gasteiger partial charge in [0.25, 0.3) is 0 Å². The first-order valence-corrected chi connectivity index (χ1v) is 7.16. The van der Waals surface area contributed by atoms with Crippen molar-refractivity contribution < 1.29 is 4.79 Å². The maximum absolute atomic E-state index is 12.2. The fourth-order valence-corrected chi connectivity index (χ4v) is 3.07. The van der Waals surface area contributed by atoms with E-state index >= 15 is 0 Å². The van der Waals surface area contributed by atoms with Crippen LogP contribution in [-0.2, 0) is 11.2 Å². The molecule has 0 saturated carbocycles. The number of hydrogen-bond donors (Lipinski definition) is 2. The van der Waals surface area contributed by atoms with E-state index in [1.54, 1.807) is 11.3 Å². The van der Waals surface area contributed by atoms with Gasteiger partial charge in [-0.05, 0) is 20.8 Å². The number of aromatic amines is 1. The molecule has 6 nitrogen and oxygen atoms in total. The van der Waals surface area contributed by atoms with E-state index in [0.29, 0.717) is 6.42 Å². The number of nitrogens with zero attached hydrogens (tertiary/aromatic N) is 3. The summed E-state index contributed by atoms with van der Waals surface area (Å²) in [5.41, 5.74) is 4.33. The van der Waals surface area contributed by atoms with Gasteiger partial charge in [0.05, 0.1) is 29.2 Å². The number of nitrogens with one attached hydrogen (secondary N) is 2. The Morgan fingerprint density at radius 1 is 1.45 bits per heavy atom. The zero-order valence-corrected chi connectivity index (χ0v) is 12.3. The molecule has 3 aromatic rings. The molecule has 104 valence electrons. The van der Waals surface area contributed by atoms with Crippen LogP contribution < -0.4 is 5.32 Å². The van der Waals surface area contributed by atoms with Gasteiger partial charge in [-0.3, -0.25) is 14.3 Å². The van der Waals surface area contributed by atoms with Crippen molar-refractivity contribution in [3.63, 3.8) is 0 Å². The number of H-pyrrole nitrogens is 1. The zero-order chi connectivity index (χ0) is 14.3. The summed E-state index contributed by atoms with van der Waals surface area (Å²) in [6, 6.07) is 0. The number of thiazole rings is 1. The van der Waals surface area contributed by atoms with Crippen molar-refractivity contribution in [1.29, 1.82) is 0 Å². The lowest BCUT2D eigenvalue weighted by molar-refractivity contribution is -0.115. The van der Waals surface area contributed by atoms with E-state index in [2.05, 4.69) is 20.5 Å². The second kappa shape index (κ2) is 4.75. The summed E-state index contributed by atoms with van der Waals surface area (Å²) in [5, 5.41) is 11.8. The first-order valence-electron chi connectivity index (χ1n) is 6.28. The summed E-state index contributed by atoms with van der Waals surface area (Å²) < 4.78 is 1.97. The van der Waals surface area contributed by atoms with E-state index in [-0.39, 0.29) is 5.91 Å². The molecule has 0 aliphatic carbocycles.